The van der Waals surface area contributed by atoms with Crippen LogP contribution in [-0.2, 0) is 14.2 Å². The van der Waals surface area contributed by atoms with Crippen LogP contribution in [-0.4, -0.2) is 32.6 Å². The van der Waals surface area contributed by atoms with E-state index in [4.69, 9.17) is 14.2 Å². The average molecular weight is 489 g/mol. The van der Waals surface area contributed by atoms with Gasteiger partial charge in [-0.15, -0.1) is 0 Å². The lowest BCUT2D eigenvalue weighted by molar-refractivity contribution is -0.0622. The van der Waals surface area contributed by atoms with Crippen molar-refractivity contribution in [1.82, 2.24) is 0 Å². The zero-order chi connectivity index (χ0) is 25.2. The van der Waals surface area contributed by atoms with E-state index >= 15 is 0 Å². The first-order chi connectivity index (χ1) is 16.7. The van der Waals surface area contributed by atoms with E-state index in [1.165, 1.54) is 51.4 Å². The Labute approximate surface area is 214 Å². The Bertz CT molecular complexity index is 759. The summed E-state index contributed by atoms with van der Waals surface area (Å²) in [6, 6.07) is 0. The Morgan fingerprint density at radius 1 is 1.03 bits per heavy atom. The Balaban J connectivity index is 1.39. The molecule has 35 heavy (non-hydrogen) atoms. The molecule has 0 heterocycles. The zero-order valence-corrected chi connectivity index (χ0v) is 23.4. The predicted molar refractivity (Wildman–Crippen MR) is 141 cm³/mol. The second-order valence-corrected chi connectivity index (χ2v) is 13.4. The largest absolute Gasteiger partial charge is 0.508 e. The van der Waals surface area contributed by atoms with Crippen molar-refractivity contribution in [3.05, 3.63) is 11.6 Å². The molecule has 4 aliphatic carbocycles. The van der Waals surface area contributed by atoms with Gasteiger partial charge in [0.15, 0.2) is 0 Å². The summed E-state index contributed by atoms with van der Waals surface area (Å²) < 4.78 is 15.8. The van der Waals surface area contributed by atoms with Gasteiger partial charge in [-0.25, -0.2) is 4.79 Å². The van der Waals surface area contributed by atoms with Crippen LogP contribution in [0.25, 0.3) is 0 Å². The van der Waals surface area contributed by atoms with Gasteiger partial charge in [-0.1, -0.05) is 65.5 Å². The van der Waals surface area contributed by atoms with Crippen LogP contribution in [0, 0.1) is 46.3 Å². The van der Waals surface area contributed by atoms with Crippen molar-refractivity contribution in [3.63, 3.8) is 0 Å². The van der Waals surface area contributed by atoms with Gasteiger partial charge in [0.25, 0.3) is 0 Å². The first-order valence-corrected chi connectivity index (χ1v) is 14.7. The number of hydrogen-bond acceptors (Lipinski definition) is 4. The van der Waals surface area contributed by atoms with Crippen molar-refractivity contribution < 1.29 is 19.0 Å². The standard InChI is InChI=1S/C31H52O4/c1-21(2)8-7-9-22(3)26-12-13-27-25-11-10-23-20-24(35-29(32)34-19-18-33-6)14-16-30(23,4)28(25)15-17-31(26,27)5/h10,21-22,24-28H,7-9,11-20H2,1-6H3. The molecule has 0 spiro atoms. The van der Waals surface area contributed by atoms with E-state index in [-0.39, 0.29) is 18.1 Å². The number of carbonyl (C=O) groups excluding carboxylic acids is 1. The molecule has 4 heteroatoms. The normalized spacial score (nSPS) is 39.3. The smallest absolute Gasteiger partial charge is 0.432 e. The minimum Gasteiger partial charge on any atom is -0.432 e. The number of carbonyl (C=O) groups is 1. The van der Waals surface area contributed by atoms with E-state index in [0.29, 0.717) is 12.0 Å². The van der Waals surface area contributed by atoms with Crippen LogP contribution in [0.5, 0.6) is 0 Å². The van der Waals surface area contributed by atoms with Gasteiger partial charge in [0.1, 0.15) is 12.7 Å². The summed E-state index contributed by atoms with van der Waals surface area (Å²) in [5.74, 6) is 5.12. The third-order valence-corrected chi connectivity index (χ3v) is 11.0. The van der Waals surface area contributed by atoms with Gasteiger partial charge in [0.2, 0.25) is 0 Å². The van der Waals surface area contributed by atoms with E-state index in [9.17, 15) is 4.79 Å². The van der Waals surface area contributed by atoms with E-state index in [0.717, 1.165) is 54.8 Å². The summed E-state index contributed by atoms with van der Waals surface area (Å²) >= 11 is 0. The first kappa shape index (κ1) is 27.0. The van der Waals surface area contributed by atoms with Crippen LogP contribution in [0.15, 0.2) is 11.6 Å². The highest BCUT2D eigenvalue weighted by Crippen LogP contribution is 2.67. The maximum absolute atomic E-state index is 12.1. The number of methoxy groups -OCH3 is 1. The molecule has 0 aromatic heterocycles. The third kappa shape index (κ3) is 5.48. The summed E-state index contributed by atoms with van der Waals surface area (Å²) in [7, 11) is 1.60. The molecule has 0 aliphatic heterocycles. The lowest BCUT2D eigenvalue weighted by Crippen LogP contribution is -2.51. The van der Waals surface area contributed by atoms with Crippen molar-refractivity contribution in [3.8, 4) is 0 Å². The summed E-state index contributed by atoms with van der Waals surface area (Å²) in [6.07, 6.45) is 16.0. The average Bonchev–Trinajstić information content (AvgIpc) is 3.16. The number of fused-ring (bicyclic) bond motifs is 5. The molecule has 3 fully saturated rings. The molecule has 200 valence electrons. The summed E-state index contributed by atoms with van der Waals surface area (Å²) in [5.41, 5.74) is 2.37. The van der Waals surface area contributed by atoms with E-state index < -0.39 is 6.16 Å². The highest BCUT2D eigenvalue weighted by molar-refractivity contribution is 5.60. The molecule has 0 bridgehead atoms. The molecule has 0 aromatic carbocycles. The fourth-order valence-corrected chi connectivity index (χ4v) is 9.13. The van der Waals surface area contributed by atoms with Crippen LogP contribution in [0.1, 0.15) is 105 Å². The third-order valence-electron chi connectivity index (χ3n) is 11.0. The molecular formula is C31H52O4. The van der Waals surface area contributed by atoms with Crippen LogP contribution < -0.4 is 0 Å². The number of hydrogen-bond donors (Lipinski definition) is 0. The van der Waals surface area contributed by atoms with Crippen molar-refractivity contribution in [2.75, 3.05) is 20.3 Å². The van der Waals surface area contributed by atoms with Crippen LogP contribution >= 0.6 is 0 Å². The highest BCUT2D eigenvalue weighted by Gasteiger charge is 2.59. The minimum atomic E-state index is -0.544. The van der Waals surface area contributed by atoms with Crippen LogP contribution in [0.3, 0.4) is 0 Å². The van der Waals surface area contributed by atoms with Crippen molar-refractivity contribution in [2.45, 2.75) is 111 Å². The van der Waals surface area contributed by atoms with Crippen LogP contribution in [0.2, 0.25) is 0 Å². The Kier molecular flexibility index (Phi) is 8.61. The number of ether oxygens (including phenoxy) is 3. The molecule has 4 aliphatic rings. The molecule has 8 atom stereocenters. The fourth-order valence-electron chi connectivity index (χ4n) is 9.13. The number of allylic oxidation sites excluding steroid dienone is 1. The summed E-state index contributed by atoms with van der Waals surface area (Å²) in [5, 5.41) is 0. The molecule has 0 radical (unpaired) electrons. The van der Waals surface area contributed by atoms with Gasteiger partial charge in [-0.05, 0) is 91.3 Å². The zero-order valence-electron chi connectivity index (χ0n) is 23.4. The van der Waals surface area contributed by atoms with Gasteiger partial charge in [-0.3, -0.25) is 0 Å². The van der Waals surface area contributed by atoms with E-state index in [2.05, 4.69) is 40.7 Å². The number of rotatable bonds is 9. The maximum atomic E-state index is 12.1. The summed E-state index contributed by atoms with van der Waals surface area (Å²) in [6.45, 7) is 13.1. The first-order valence-electron chi connectivity index (χ1n) is 14.7. The van der Waals surface area contributed by atoms with E-state index in [1.54, 1.807) is 12.7 Å². The minimum absolute atomic E-state index is 0.0441. The molecule has 0 aromatic rings. The highest BCUT2D eigenvalue weighted by atomic mass is 16.7. The Morgan fingerprint density at radius 3 is 2.57 bits per heavy atom. The molecule has 0 saturated heterocycles. The lowest BCUT2D eigenvalue weighted by Gasteiger charge is -2.58. The van der Waals surface area contributed by atoms with E-state index in [1.807, 2.05) is 0 Å². The second-order valence-electron chi connectivity index (χ2n) is 13.4. The monoisotopic (exact) mass is 488 g/mol. The second kappa shape index (κ2) is 11.2. The molecule has 8 unspecified atom stereocenters. The van der Waals surface area contributed by atoms with Gasteiger partial charge in [0.05, 0.1) is 6.61 Å². The molecule has 0 N–H and O–H groups in total. The maximum Gasteiger partial charge on any atom is 0.508 e. The fraction of sp³-hybridized carbons (Fsp3) is 0.903. The van der Waals surface area contributed by atoms with Gasteiger partial charge < -0.3 is 14.2 Å². The summed E-state index contributed by atoms with van der Waals surface area (Å²) in [4.78, 5) is 12.1. The quantitative estimate of drug-likeness (QED) is 0.186. The van der Waals surface area contributed by atoms with Crippen molar-refractivity contribution in [1.29, 1.82) is 0 Å². The molecule has 4 nitrogen and oxygen atoms in total. The SMILES string of the molecule is COCCOC(=O)OC1CCC2(C)C(=CCC3C2CCC2(C)C(C(C)CCCC(C)C)CCC32)C1. The lowest BCUT2D eigenvalue weighted by atomic mass is 9.47. The Hall–Kier alpha value is -1.03. The van der Waals surface area contributed by atoms with Crippen LogP contribution in [0.4, 0.5) is 4.79 Å². The van der Waals surface area contributed by atoms with Gasteiger partial charge in [0, 0.05) is 13.5 Å². The molecule has 4 rings (SSSR count). The Morgan fingerprint density at radius 2 is 1.83 bits per heavy atom. The molecular weight excluding hydrogens is 436 g/mol. The van der Waals surface area contributed by atoms with Crippen molar-refractivity contribution >= 4 is 6.16 Å². The van der Waals surface area contributed by atoms with Crippen molar-refractivity contribution in [2.24, 2.45) is 46.3 Å². The predicted octanol–water partition coefficient (Wildman–Crippen LogP) is 8.20. The molecule has 0 amide bonds. The molecule has 3 saturated carbocycles. The van der Waals surface area contributed by atoms with Gasteiger partial charge >= 0.3 is 6.16 Å². The topological polar surface area (TPSA) is 44.8 Å². The van der Waals surface area contributed by atoms with Gasteiger partial charge in [-0.2, -0.15) is 0 Å².